The van der Waals surface area contributed by atoms with Crippen molar-refractivity contribution in [2.45, 2.75) is 45.1 Å². The van der Waals surface area contributed by atoms with Crippen molar-refractivity contribution < 1.29 is 4.79 Å². The molecule has 2 aromatic rings. The van der Waals surface area contributed by atoms with Gasteiger partial charge in [0.15, 0.2) is 0 Å². The Labute approximate surface area is 142 Å². The van der Waals surface area contributed by atoms with Crippen LogP contribution in [-0.4, -0.2) is 15.7 Å². The van der Waals surface area contributed by atoms with Gasteiger partial charge >= 0.3 is 0 Å². The molecule has 2 heterocycles. The van der Waals surface area contributed by atoms with Gasteiger partial charge in [0, 0.05) is 19.0 Å². The van der Waals surface area contributed by atoms with Crippen LogP contribution >= 0.6 is 0 Å². The van der Waals surface area contributed by atoms with Crippen LogP contribution in [0.15, 0.2) is 30.5 Å². The maximum Gasteiger partial charge on any atom is 0.227 e. The highest BCUT2D eigenvalue weighted by atomic mass is 16.2. The molecule has 1 aliphatic carbocycles. The molecule has 0 bridgehead atoms. The zero-order chi connectivity index (χ0) is 16.5. The maximum absolute atomic E-state index is 13.1. The summed E-state index contributed by atoms with van der Waals surface area (Å²) in [5, 5.41) is 7.78. The number of fused-ring (bicyclic) bond motifs is 2. The van der Waals surface area contributed by atoms with Crippen LogP contribution in [0.4, 0.5) is 17.2 Å². The predicted octanol–water partition coefficient (Wildman–Crippen LogP) is 3.98. The minimum Gasteiger partial charge on any atom is -0.338 e. The van der Waals surface area contributed by atoms with Crippen LogP contribution in [0, 0.1) is 5.92 Å². The van der Waals surface area contributed by atoms with Gasteiger partial charge < -0.3 is 10.2 Å². The molecule has 5 nitrogen and oxygen atoms in total. The standard InChI is InChI=1S/C19H24N4O/c1-22-19-15(12-20-22)13-23(17-10-6-5-9-16(17)21-19)18(24)11-14-7-3-2-4-8-14/h5-6,9-10,12,14,21H,2-4,7-8,11,13H2,1H3. The lowest BCUT2D eigenvalue weighted by Gasteiger charge is -2.26. The monoisotopic (exact) mass is 324 g/mol. The number of carbonyl (C=O) groups is 1. The second kappa shape index (κ2) is 6.30. The Hall–Kier alpha value is -2.30. The van der Waals surface area contributed by atoms with Gasteiger partial charge in [0.2, 0.25) is 5.91 Å². The Morgan fingerprint density at radius 1 is 1.25 bits per heavy atom. The van der Waals surface area contributed by atoms with Gasteiger partial charge in [-0.1, -0.05) is 31.4 Å². The van der Waals surface area contributed by atoms with E-state index >= 15 is 0 Å². The van der Waals surface area contributed by atoms with Crippen LogP contribution < -0.4 is 10.2 Å². The molecule has 0 atom stereocenters. The van der Waals surface area contributed by atoms with Crippen LogP contribution in [0.3, 0.4) is 0 Å². The summed E-state index contributed by atoms with van der Waals surface area (Å²) in [6.45, 7) is 0.582. The Morgan fingerprint density at radius 3 is 2.88 bits per heavy atom. The number of amides is 1. The van der Waals surface area contributed by atoms with Crippen molar-refractivity contribution in [1.29, 1.82) is 0 Å². The molecule has 2 aliphatic rings. The maximum atomic E-state index is 13.1. The lowest BCUT2D eigenvalue weighted by atomic mass is 9.86. The van der Waals surface area contributed by atoms with Gasteiger partial charge in [0.05, 0.1) is 24.1 Å². The molecule has 1 aromatic heterocycles. The zero-order valence-electron chi connectivity index (χ0n) is 14.2. The summed E-state index contributed by atoms with van der Waals surface area (Å²) >= 11 is 0. The number of carbonyl (C=O) groups excluding carboxylic acids is 1. The fourth-order valence-electron chi connectivity index (χ4n) is 3.93. The van der Waals surface area contributed by atoms with E-state index in [1.807, 2.05) is 47.1 Å². The van der Waals surface area contributed by atoms with Crippen LogP contribution in [0.1, 0.15) is 44.1 Å². The summed E-state index contributed by atoms with van der Waals surface area (Å²) in [6, 6.07) is 8.05. The highest BCUT2D eigenvalue weighted by Gasteiger charge is 2.27. The van der Waals surface area contributed by atoms with Gasteiger partial charge in [0.25, 0.3) is 0 Å². The SMILES string of the molecule is Cn1ncc2c1Nc1ccccc1N(C(=O)CC1CCCCC1)C2. The number of nitrogens with one attached hydrogen (secondary N) is 1. The normalized spacial score (nSPS) is 17.6. The highest BCUT2D eigenvalue weighted by Crippen LogP contribution is 2.36. The predicted molar refractivity (Wildman–Crippen MR) is 95.3 cm³/mol. The minimum atomic E-state index is 0.229. The second-order valence-corrected chi connectivity index (χ2v) is 6.97. The van der Waals surface area contributed by atoms with E-state index in [9.17, 15) is 4.79 Å². The number of hydrogen-bond acceptors (Lipinski definition) is 3. The molecule has 0 saturated heterocycles. The van der Waals surface area contributed by atoms with Gasteiger partial charge in [-0.15, -0.1) is 0 Å². The quantitative estimate of drug-likeness (QED) is 0.909. The van der Waals surface area contributed by atoms with Crippen molar-refractivity contribution in [1.82, 2.24) is 9.78 Å². The van der Waals surface area contributed by atoms with Gasteiger partial charge in [-0.05, 0) is 30.9 Å². The Balaban J connectivity index is 1.64. The largest absolute Gasteiger partial charge is 0.338 e. The van der Waals surface area contributed by atoms with E-state index in [1.54, 1.807) is 0 Å². The van der Waals surface area contributed by atoms with Crippen molar-refractivity contribution >= 4 is 23.1 Å². The van der Waals surface area contributed by atoms with Crippen molar-refractivity contribution in [2.75, 3.05) is 10.2 Å². The number of hydrogen-bond donors (Lipinski definition) is 1. The van der Waals surface area contributed by atoms with E-state index in [-0.39, 0.29) is 5.91 Å². The molecule has 1 amide bonds. The molecule has 0 radical (unpaired) electrons. The number of para-hydroxylation sites is 2. The van der Waals surface area contributed by atoms with Gasteiger partial charge in [-0.2, -0.15) is 5.10 Å². The third-order valence-corrected chi connectivity index (χ3v) is 5.28. The second-order valence-electron chi connectivity index (χ2n) is 6.97. The van der Waals surface area contributed by atoms with Crippen LogP contribution in [0.2, 0.25) is 0 Å². The topological polar surface area (TPSA) is 50.2 Å². The summed E-state index contributed by atoms with van der Waals surface area (Å²) < 4.78 is 1.83. The molecular formula is C19H24N4O. The van der Waals surface area contributed by atoms with Crippen molar-refractivity contribution in [3.05, 3.63) is 36.0 Å². The first-order valence-corrected chi connectivity index (χ1v) is 8.89. The Kier molecular flexibility index (Phi) is 4.00. The molecule has 126 valence electrons. The number of aromatic nitrogens is 2. The van der Waals surface area contributed by atoms with E-state index in [0.717, 1.165) is 22.8 Å². The summed E-state index contributed by atoms with van der Waals surface area (Å²) in [4.78, 5) is 15.0. The number of anilines is 3. The minimum absolute atomic E-state index is 0.229. The average molecular weight is 324 g/mol. The number of benzene rings is 1. The van der Waals surface area contributed by atoms with Crippen molar-refractivity contribution in [3.63, 3.8) is 0 Å². The van der Waals surface area contributed by atoms with Crippen LogP contribution in [0.25, 0.3) is 0 Å². The fourth-order valence-corrected chi connectivity index (χ4v) is 3.93. The molecule has 1 fully saturated rings. The van der Waals surface area contributed by atoms with E-state index < -0.39 is 0 Å². The Bertz CT molecular complexity index is 746. The smallest absolute Gasteiger partial charge is 0.227 e. The highest BCUT2D eigenvalue weighted by molar-refractivity contribution is 5.98. The van der Waals surface area contributed by atoms with E-state index in [4.69, 9.17) is 0 Å². The first-order valence-electron chi connectivity index (χ1n) is 8.89. The van der Waals surface area contributed by atoms with Crippen molar-refractivity contribution in [3.8, 4) is 0 Å². The van der Waals surface area contributed by atoms with E-state index in [2.05, 4.69) is 10.4 Å². The average Bonchev–Trinajstić information content (AvgIpc) is 2.85. The Morgan fingerprint density at radius 2 is 2.04 bits per heavy atom. The summed E-state index contributed by atoms with van der Waals surface area (Å²) in [5.41, 5.74) is 3.00. The zero-order valence-corrected chi connectivity index (χ0v) is 14.2. The molecule has 1 aliphatic heterocycles. The summed E-state index contributed by atoms with van der Waals surface area (Å²) in [5.74, 6) is 1.74. The molecule has 4 rings (SSSR count). The van der Waals surface area contributed by atoms with Gasteiger partial charge in [-0.3, -0.25) is 9.48 Å². The molecular weight excluding hydrogens is 300 g/mol. The first kappa shape index (κ1) is 15.2. The molecule has 0 spiro atoms. The fraction of sp³-hybridized carbons (Fsp3) is 0.474. The van der Waals surface area contributed by atoms with E-state index in [0.29, 0.717) is 18.9 Å². The first-order chi connectivity index (χ1) is 11.7. The van der Waals surface area contributed by atoms with Gasteiger partial charge in [-0.25, -0.2) is 0 Å². The summed E-state index contributed by atoms with van der Waals surface area (Å²) in [6.07, 6.45) is 8.75. The third-order valence-electron chi connectivity index (χ3n) is 5.28. The van der Waals surface area contributed by atoms with Crippen LogP contribution in [-0.2, 0) is 18.4 Å². The number of aryl methyl sites for hydroxylation is 1. The third kappa shape index (κ3) is 2.79. The number of rotatable bonds is 2. The van der Waals surface area contributed by atoms with E-state index in [1.165, 1.54) is 32.1 Å². The molecule has 5 heteroatoms. The van der Waals surface area contributed by atoms with Gasteiger partial charge in [0.1, 0.15) is 5.82 Å². The lowest BCUT2D eigenvalue weighted by molar-refractivity contribution is -0.119. The van der Waals surface area contributed by atoms with Crippen LogP contribution in [0.5, 0.6) is 0 Å². The summed E-state index contributed by atoms with van der Waals surface area (Å²) in [7, 11) is 1.92. The molecule has 1 N–H and O–H groups in total. The molecule has 0 unspecified atom stereocenters. The molecule has 1 saturated carbocycles. The lowest BCUT2D eigenvalue weighted by Crippen LogP contribution is -2.31. The molecule has 24 heavy (non-hydrogen) atoms. The number of nitrogens with zero attached hydrogens (tertiary/aromatic N) is 3. The van der Waals surface area contributed by atoms with Crippen molar-refractivity contribution in [2.24, 2.45) is 13.0 Å². The molecule has 1 aromatic carbocycles.